The van der Waals surface area contributed by atoms with E-state index in [1.165, 1.54) is 4.88 Å². The number of thiazole rings is 1. The van der Waals surface area contributed by atoms with E-state index in [9.17, 15) is 4.79 Å². The summed E-state index contributed by atoms with van der Waals surface area (Å²) in [5.41, 5.74) is 1.84. The van der Waals surface area contributed by atoms with E-state index in [-0.39, 0.29) is 5.91 Å². The van der Waals surface area contributed by atoms with Crippen molar-refractivity contribution < 1.29 is 4.79 Å². The Labute approximate surface area is 150 Å². The van der Waals surface area contributed by atoms with E-state index in [1.807, 2.05) is 40.0 Å². The number of amides is 1. The average molecular weight is 355 g/mol. The number of rotatable bonds is 4. The maximum absolute atomic E-state index is 12.7. The molecular formula is C18H21N5OS. The minimum Gasteiger partial charge on any atom is -0.342 e. The van der Waals surface area contributed by atoms with E-state index in [0.29, 0.717) is 18.9 Å². The summed E-state index contributed by atoms with van der Waals surface area (Å²) >= 11 is 1.75. The molecule has 1 fully saturated rings. The first-order chi connectivity index (χ1) is 12.2. The number of para-hydroxylation sites is 1. The molecule has 3 heterocycles. The molecule has 6 nitrogen and oxygen atoms in total. The zero-order chi connectivity index (χ0) is 17.2. The number of aromatic nitrogens is 4. The maximum Gasteiger partial charge on any atom is 0.224 e. The Bertz CT molecular complexity index is 886. The van der Waals surface area contributed by atoms with E-state index >= 15 is 0 Å². The van der Waals surface area contributed by atoms with Crippen molar-refractivity contribution in [2.24, 2.45) is 0 Å². The van der Waals surface area contributed by atoms with Gasteiger partial charge in [-0.1, -0.05) is 17.3 Å². The third-order valence-electron chi connectivity index (χ3n) is 4.72. The van der Waals surface area contributed by atoms with Crippen molar-refractivity contribution in [2.75, 3.05) is 13.1 Å². The molecule has 7 heteroatoms. The van der Waals surface area contributed by atoms with Gasteiger partial charge in [0.1, 0.15) is 5.52 Å². The Morgan fingerprint density at radius 2 is 2.24 bits per heavy atom. The highest BCUT2D eigenvalue weighted by molar-refractivity contribution is 7.11. The number of hydrogen-bond acceptors (Lipinski definition) is 5. The van der Waals surface area contributed by atoms with Gasteiger partial charge in [0, 0.05) is 36.5 Å². The zero-order valence-corrected chi connectivity index (χ0v) is 15.1. The molecule has 1 aliphatic heterocycles. The lowest BCUT2D eigenvalue weighted by atomic mass is 9.98. The Balaban J connectivity index is 1.39. The maximum atomic E-state index is 12.7. The largest absolute Gasteiger partial charge is 0.342 e. The van der Waals surface area contributed by atoms with Gasteiger partial charge >= 0.3 is 0 Å². The number of nitrogens with zero attached hydrogens (tertiary/aromatic N) is 5. The topological polar surface area (TPSA) is 63.9 Å². The molecule has 0 unspecified atom stereocenters. The number of likely N-dealkylation sites (tertiary alicyclic amines) is 1. The van der Waals surface area contributed by atoms with Crippen LogP contribution in [0.15, 0.2) is 30.5 Å². The predicted octanol–water partition coefficient (Wildman–Crippen LogP) is 2.99. The number of benzene rings is 1. The molecule has 1 aliphatic rings. The molecule has 1 atom stereocenters. The van der Waals surface area contributed by atoms with Crippen LogP contribution in [0.25, 0.3) is 11.0 Å². The molecule has 0 aliphatic carbocycles. The highest BCUT2D eigenvalue weighted by Gasteiger charge is 2.26. The number of piperidine rings is 1. The van der Waals surface area contributed by atoms with Crippen LogP contribution in [0.3, 0.4) is 0 Å². The van der Waals surface area contributed by atoms with Gasteiger partial charge in [-0.2, -0.15) is 0 Å². The Morgan fingerprint density at radius 1 is 1.36 bits per heavy atom. The first kappa shape index (κ1) is 16.2. The van der Waals surface area contributed by atoms with E-state index in [4.69, 9.17) is 0 Å². The molecule has 0 radical (unpaired) electrons. The summed E-state index contributed by atoms with van der Waals surface area (Å²) in [5.74, 6) is 0.571. The van der Waals surface area contributed by atoms with E-state index in [2.05, 4.69) is 22.2 Å². The standard InChI is InChI=1S/C18H21N5OS/c1-13-11-19-18(25-13)14-5-4-9-22(12-14)17(24)8-10-23-16-7-3-2-6-15(16)20-21-23/h2-3,6-7,11,14H,4-5,8-10,12H2,1H3/t14-/m0/s1. The lowest BCUT2D eigenvalue weighted by molar-refractivity contribution is -0.132. The Morgan fingerprint density at radius 3 is 3.08 bits per heavy atom. The van der Waals surface area contributed by atoms with Gasteiger partial charge in [0.05, 0.1) is 17.1 Å². The van der Waals surface area contributed by atoms with Crippen LogP contribution in [0, 0.1) is 6.92 Å². The molecule has 25 heavy (non-hydrogen) atoms. The second-order valence-electron chi connectivity index (χ2n) is 6.54. The van der Waals surface area contributed by atoms with Crippen molar-refractivity contribution in [1.29, 1.82) is 0 Å². The van der Waals surface area contributed by atoms with Crippen LogP contribution < -0.4 is 0 Å². The van der Waals surface area contributed by atoms with Crippen molar-refractivity contribution in [3.8, 4) is 0 Å². The fraction of sp³-hybridized carbons (Fsp3) is 0.444. The van der Waals surface area contributed by atoms with Crippen molar-refractivity contribution >= 4 is 28.3 Å². The van der Waals surface area contributed by atoms with Crippen molar-refractivity contribution in [3.05, 3.63) is 40.3 Å². The van der Waals surface area contributed by atoms with Crippen LogP contribution in [-0.2, 0) is 11.3 Å². The number of hydrogen-bond donors (Lipinski definition) is 0. The summed E-state index contributed by atoms with van der Waals surface area (Å²) in [7, 11) is 0. The van der Waals surface area contributed by atoms with Crippen LogP contribution in [-0.4, -0.2) is 43.9 Å². The zero-order valence-electron chi connectivity index (χ0n) is 14.3. The lowest BCUT2D eigenvalue weighted by Gasteiger charge is -2.32. The summed E-state index contributed by atoms with van der Waals surface area (Å²) in [4.78, 5) is 20.4. The van der Waals surface area contributed by atoms with E-state index in [0.717, 1.165) is 42.0 Å². The minimum absolute atomic E-state index is 0.192. The molecule has 1 saturated heterocycles. The van der Waals surface area contributed by atoms with Gasteiger partial charge in [0.25, 0.3) is 0 Å². The molecule has 0 spiro atoms. The fourth-order valence-corrected chi connectivity index (χ4v) is 4.31. The highest BCUT2D eigenvalue weighted by atomic mass is 32.1. The summed E-state index contributed by atoms with van der Waals surface area (Å²) in [6, 6.07) is 7.84. The van der Waals surface area contributed by atoms with Gasteiger partial charge in [-0.3, -0.25) is 4.79 Å². The van der Waals surface area contributed by atoms with Gasteiger partial charge in [-0.25, -0.2) is 9.67 Å². The van der Waals surface area contributed by atoms with Gasteiger partial charge in [-0.05, 0) is 31.9 Å². The minimum atomic E-state index is 0.192. The molecule has 0 bridgehead atoms. The Hall–Kier alpha value is -2.28. The summed E-state index contributed by atoms with van der Waals surface area (Å²) in [6.45, 7) is 4.27. The highest BCUT2D eigenvalue weighted by Crippen LogP contribution is 2.30. The van der Waals surface area contributed by atoms with Crippen molar-refractivity contribution in [3.63, 3.8) is 0 Å². The van der Waals surface area contributed by atoms with Crippen molar-refractivity contribution in [1.82, 2.24) is 24.9 Å². The Kier molecular flexibility index (Phi) is 4.48. The first-order valence-corrected chi connectivity index (χ1v) is 9.50. The molecule has 0 saturated carbocycles. The summed E-state index contributed by atoms with van der Waals surface area (Å²) < 4.78 is 1.82. The monoisotopic (exact) mass is 355 g/mol. The number of carbonyl (C=O) groups is 1. The molecule has 130 valence electrons. The second-order valence-corrected chi connectivity index (χ2v) is 7.81. The fourth-order valence-electron chi connectivity index (χ4n) is 3.41. The lowest BCUT2D eigenvalue weighted by Crippen LogP contribution is -2.39. The smallest absolute Gasteiger partial charge is 0.224 e. The van der Waals surface area contributed by atoms with Crippen molar-refractivity contribution in [2.45, 2.75) is 38.6 Å². The van der Waals surface area contributed by atoms with Gasteiger partial charge in [-0.15, -0.1) is 16.4 Å². The van der Waals surface area contributed by atoms with Crippen LogP contribution in [0.1, 0.15) is 35.1 Å². The molecule has 4 rings (SSSR count). The quantitative estimate of drug-likeness (QED) is 0.722. The SMILES string of the molecule is Cc1cnc([C@H]2CCCN(C(=O)CCn3nnc4ccccc43)C2)s1. The van der Waals surface area contributed by atoms with Crippen LogP contribution in [0.4, 0.5) is 0 Å². The number of carbonyl (C=O) groups excluding carboxylic acids is 1. The predicted molar refractivity (Wildman–Crippen MR) is 97.6 cm³/mol. The summed E-state index contributed by atoms with van der Waals surface area (Å²) in [6.07, 6.45) is 4.54. The normalized spacial score (nSPS) is 18.0. The van der Waals surface area contributed by atoms with Gasteiger partial charge < -0.3 is 4.90 Å². The average Bonchev–Trinajstić information content (AvgIpc) is 3.26. The summed E-state index contributed by atoms with van der Waals surface area (Å²) in [5, 5.41) is 9.47. The van der Waals surface area contributed by atoms with Crippen LogP contribution in [0.5, 0.6) is 0 Å². The second kappa shape index (κ2) is 6.92. The molecular weight excluding hydrogens is 334 g/mol. The number of fused-ring (bicyclic) bond motifs is 1. The molecule has 1 aromatic carbocycles. The van der Waals surface area contributed by atoms with Gasteiger partial charge in [0.15, 0.2) is 0 Å². The molecule has 1 amide bonds. The molecule has 2 aromatic heterocycles. The first-order valence-electron chi connectivity index (χ1n) is 8.69. The molecule has 3 aromatic rings. The third-order valence-corrected chi connectivity index (χ3v) is 5.80. The molecule has 0 N–H and O–H groups in total. The van der Waals surface area contributed by atoms with Crippen LogP contribution in [0.2, 0.25) is 0 Å². The van der Waals surface area contributed by atoms with Crippen LogP contribution >= 0.6 is 11.3 Å². The van der Waals surface area contributed by atoms with Gasteiger partial charge in [0.2, 0.25) is 5.91 Å². The van der Waals surface area contributed by atoms with E-state index < -0.39 is 0 Å². The number of aryl methyl sites for hydroxylation is 2. The van der Waals surface area contributed by atoms with E-state index in [1.54, 1.807) is 11.3 Å². The third kappa shape index (κ3) is 3.42.